The third-order valence-electron chi connectivity index (χ3n) is 4.59. The number of benzene rings is 1. The normalized spacial score (nSPS) is 16.2. The third kappa shape index (κ3) is 7.13. The number of amides is 1. The Kier molecular flexibility index (Phi) is 9.39. The lowest BCUT2D eigenvalue weighted by atomic mass is 9.93. The summed E-state index contributed by atoms with van der Waals surface area (Å²) in [7, 11) is 1.85. The van der Waals surface area contributed by atoms with Gasteiger partial charge in [0.15, 0.2) is 5.96 Å². The molecule has 1 saturated heterocycles. The monoisotopic (exact) mass is 472 g/mol. The first-order valence-corrected chi connectivity index (χ1v) is 9.22. The van der Waals surface area contributed by atoms with E-state index in [1.165, 1.54) is 6.42 Å². The maximum Gasteiger partial charge on any atom is 0.224 e. The van der Waals surface area contributed by atoms with Crippen LogP contribution in [0.2, 0.25) is 0 Å². The summed E-state index contributed by atoms with van der Waals surface area (Å²) in [5, 5.41) is 3.36. The highest BCUT2D eigenvalue weighted by atomic mass is 127. The maximum atomic E-state index is 12.3. The van der Waals surface area contributed by atoms with Crippen molar-refractivity contribution < 1.29 is 4.79 Å². The number of guanidine groups is 1. The van der Waals surface area contributed by atoms with E-state index in [1.807, 2.05) is 37.4 Å². The molecule has 0 atom stereocenters. The largest absolute Gasteiger partial charge is 0.357 e. The van der Waals surface area contributed by atoms with Gasteiger partial charge < -0.3 is 15.1 Å². The van der Waals surface area contributed by atoms with Crippen molar-refractivity contribution >= 4 is 35.8 Å². The van der Waals surface area contributed by atoms with E-state index < -0.39 is 0 Å². The van der Waals surface area contributed by atoms with Crippen LogP contribution in [0.5, 0.6) is 0 Å². The van der Waals surface area contributed by atoms with Gasteiger partial charge in [-0.05, 0) is 24.3 Å². The quantitative estimate of drug-likeness (QED) is 0.393. The smallest absolute Gasteiger partial charge is 0.224 e. The Balaban J connectivity index is 0.00000338. The lowest BCUT2D eigenvalue weighted by Crippen LogP contribution is -2.41. The van der Waals surface area contributed by atoms with Crippen molar-refractivity contribution in [3.8, 4) is 0 Å². The molecule has 2 rings (SSSR count). The van der Waals surface area contributed by atoms with E-state index in [-0.39, 0.29) is 29.9 Å². The molecule has 1 aromatic carbocycles. The SMILES string of the molecule is CCNC(=NCCC(=O)N(C)Cc1ccccc1)N1CCC(C)(C)C1.I. The van der Waals surface area contributed by atoms with Gasteiger partial charge in [0.05, 0.1) is 6.54 Å². The minimum Gasteiger partial charge on any atom is -0.357 e. The summed E-state index contributed by atoms with van der Waals surface area (Å²) in [6, 6.07) is 10.1. The van der Waals surface area contributed by atoms with Crippen molar-refractivity contribution in [2.24, 2.45) is 10.4 Å². The number of carbonyl (C=O) groups excluding carboxylic acids is 1. The van der Waals surface area contributed by atoms with E-state index in [2.05, 4.69) is 36.0 Å². The van der Waals surface area contributed by atoms with E-state index in [9.17, 15) is 4.79 Å². The number of likely N-dealkylation sites (tertiary alicyclic amines) is 1. The maximum absolute atomic E-state index is 12.3. The molecular weight excluding hydrogens is 439 g/mol. The van der Waals surface area contributed by atoms with Gasteiger partial charge in [0.25, 0.3) is 0 Å². The summed E-state index contributed by atoms with van der Waals surface area (Å²) >= 11 is 0. The zero-order valence-electron chi connectivity index (χ0n) is 16.5. The number of aliphatic imine (C=N–C) groups is 1. The van der Waals surface area contributed by atoms with Crippen LogP contribution in [0.15, 0.2) is 35.3 Å². The highest BCUT2D eigenvalue weighted by molar-refractivity contribution is 14.0. The molecule has 1 aromatic rings. The summed E-state index contributed by atoms with van der Waals surface area (Å²) in [4.78, 5) is 21.1. The van der Waals surface area contributed by atoms with Crippen LogP contribution in [-0.4, -0.2) is 54.9 Å². The Morgan fingerprint density at radius 3 is 2.58 bits per heavy atom. The lowest BCUT2D eigenvalue weighted by molar-refractivity contribution is -0.130. The van der Waals surface area contributed by atoms with Crippen molar-refractivity contribution in [3.63, 3.8) is 0 Å². The van der Waals surface area contributed by atoms with E-state index >= 15 is 0 Å². The van der Waals surface area contributed by atoms with Crippen LogP contribution < -0.4 is 5.32 Å². The van der Waals surface area contributed by atoms with Gasteiger partial charge in [0.1, 0.15) is 0 Å². The Bertz CT molecular complexity index is 589. The predicted molar refractivity (Wildman–Crippen MR) is 119 cm³/mol. The highest BCUT2D eigenvalue weighted by Gasteiger charge is 2.30. The van der Waals surface area contributed by atoms with Crippen LogP contribution in [0.4, 0.5) is 0 Å². The number of halogens is 1. The van der Waals surface area contributed by atoms with Crippen LogP contribution in [0.3, 0.4) is 0 Å². The Morgan fingerprint density at radius 1 is 1.31 bits per heavy atom. The van der Waals surface area contributed by atoms with Gasteiger partial charge in [0.2, 0.25) is 5.91 Å². The van der Waals surface area contributed by atoms with Gasteiger partial charge in [-0.3, -0.25) is 9.79 Å². The first kappa shape index (κ1) is 22.7. The molecule has 6 heteroatoms. The molecule has 0 spiro atoms. The minimum atomic E-state index is 0. The third-order valence-corrected chi connectivity index (χ3v) is 4.59. The molecule has 0 radical (unpaired) electrons. The lowest BCUT2D eigenvalue weighted by Gasteiger charge is -2.24. The standard InChI is InChI=1S/C20H32N4O.HI/c1-5-21-19(24-14-12-20(2,3)16-24)22-13-11-18(25)23(4)15-17-9-7-6-8-10-17;/h6-10H,5,11-16H2,1-4H3,(H,21,22);1H. The zero-order valence-corrected chi connectivity index (χ0v) is 18.8. The topological polar surface area (TPSA) is 47.9 Å². The van der Waals surface area contributed by atoms with Gasteiger partial charge in [0, 0.05) is 39.6 Å². The molecule has 5 nitrogen and oxygen atoms in total. The minimum absolute atomic E-state index is 0. The van der Waals surface area contributed by atoms with Crippen LogP contribution in [-0.2, 0) is 11.3 Å². The zero-order chi connectivity index (χ0) is 18.3. The van der Waals surface area contributed by atoms with Gasteiger partial charge in [-0.25, -0.2) is 0 Å². The summed E-state index contributed by atoms with van der Waals surface area (Å²) in [5.41, 5.74) is 1.48. The van der Waals surface area contributed by atoms with Crippen LogP contribution in [0, 0.1) is 5.41 Å². The summed E-state index contributed by atoms with van der Waals surface area (Å²) in [6.45, 7) is 10.7. The van der Waals surface area contributed by atoms with E-state index in [1.54, 1.807) is 4.90 Å². The summed E-state index contributed by atoms with van der Waals surface area (Å²) in [5.74, 6) is 1.07. The first-order chi connectivity index (χ1) is 11.9. The molecule has 1 aliphatic heterocycles. The molecule has 0 unspecified atom stereocenters. The fraction of sp³-hybridized carbons (Fsp3) is 0.600. The summed E-state index contributed by atoms with van der Waals surface area (Å²) < 4.78 is 0. The number of nitrogens with zero attached hydrogens (tertiary/aromatic N) is 3. The molecule has 0 saturated carbocycles. The molecule has 0 bridgehead atoms. The number of rotatable bonds is 6. The van der Waals surface area contributed by atoms with Crippen LogP contribution in [0.25, 0.3) is 0 Å². The molecule has 1 amide bonds. The average molecular weight is 472 g/mol. The van der Waals surface area contributed by atoms with Gasteiger partial charge in [-0.15, -0.1) is 24.0 Å². The molecule has 1 fully saturated rings. The Labute approximate surface area is 175 Å². The molecule has 0 aliphatic carbocycles. The van der Waals surface area contributed by atoms with E-state index in [0.29, 0.717) is 24.9 Å². The van der Waals surface area contributed by atoms with Gasteiger partial charge in [-0.2, -0.15) is 0 Å². The van der Waals surface area contributed by atoms with Crippen molar-refractivity contribution in [3.05, 3.63) is 35.9 Å². The Morgan fingerprint density at radius 2 is 2.00 bits per heavy atom. The molecule has 0 aromatic heterocycles. The average Bonchev–Trinajstić information content (AvgIpc) is 2.94. The van der Waals surface area contributed by atoms with Gasteiger partial charge in [-0.1, -0.05) is 44.2 Å². The number of nitrogens with one attached hydrogen (secondary N) is 1. The molecule has 1 aliphatic rings. The van der Waals surface area contributed by atoms with Crippen LogP contribution in [0.1, 0.15) is 39.2 Å². The highest BCUT2D eigenvalue weighted by Crippen LogP contribution is 2.28. The molecular formula is C20H33IN4O. The second-order valence-electron chi connectivity index (χ2n) is 7.56. The van der Waals surface area contributed by atoms with Crippen molar-refractivity contribution in [2.75, 3.05) is 33.2 Å². The van der Waals surface area contributed by atoms with Crippen LogP contribution >= 0.6 is 24.0 Å². The van der Waals surface area contributed by atoms with E-state index in [0.717, 1.165) is 31.2 Å². The van der Waals surface area contributed by atoms with Crippen molar-refractivity contribution in [2.45, 2.75) is 40.2 Å². The number of hydrogen-bond donors (Lipinski definition) is 1. The molecule has 1 N–H and O–H groups in total. The van der Waals surface area contributed by atoms with E-state index in [4.69, 9.17) is 0 Å². The second kappa shape index (κ2) is 10.7. The van der Waals surface area contributed by atoms with Crippen molar-refractivity contribution in [1.82, 2.24) is 15.1 Å². The summed E-state index contributed by atoms with van der Waals surface area (Å²) in [6.07, 6.45) is 1.62. The molecule has 1 heterocycles. The van der Waals surface area contributed by atoms with Gasteiger partial charge >= 0.3 is 0 Å². The molecule has 26 heavy (non-hydrogen) atoms. The number of hydrogen-bond acceptors (Lipinski definition) is 2. The second-order valence-corrected chi connectivity index (χ2v) is 7.56. The molecule has 146 valence electrons. The fourth-order valence-corrected chi connectivity index (χ4v) is 3.11. The Hall–Kier alpha value is -1.31. The number of carbonyl (C=O) groups is 1. The fourth-order valence-electron chi connectivity index (χ4n) is 3.11. The predicted octanol–water partition coefficient (Wildman–Crippen LogP) is 3.35. The first-order valence-electron chi connectivity index (χ1n) is 9.22. The van der Waals surface area contributed by atoms with Crippen molar-refractivity contribution in [1.29, 1.82) is 0 Å².